The summed E-state index contributed by atoms with van der Waals surface area (Å²) in [7, 11) is 0. The molecule has 2 rings (SSSR count). The number of hydrogen-bond donors (Lipinski definition) is 1. The molecule has 4 heteroatoms. The second-order valence-corrected chi connectivity index (χ2v) is 5.05. The van der Waals surface area contributed by atoms with Gasteiger partial charge in [-0.05, 0) is 30.5 Å². The molecule has 1 aromatic carbocycles. The second-order valence-electron chi connectivity index (χ2n) is 4.07. The van der Waals surface area contributed by atoms with Crippen LogP contribution in [-0.4, -0.2) is 4.98 Å². The molecule has 0 amide bonds. The first-order valence-electron chi connectivity index (χ1n) is 5.51. The maximum absolute atomic E-state index is 13.4. The molecule has 0 aliphatic heterocycles. The minimum atomic E-state index is -0.103. The fourth-order valence-electron chi connectivity index (χ4n) is 1.79. The van der Waals surface area contributed by atoms with E-state index >= 15 is 0 Å². The molecule has 1 heterocycles. The van der Waals surface area contributed by atoms with Crippen LogP contribution in [0.4, 0.5) is 4.39 Å². The number of nitrogens with zero attached hydrogens (tertiary/aromatic N) is 1. The van der Waals surface area contributed by atoms with Crippen LogP contribution in [0.15, 0.2) is 23.7 Å². The van der Waals surface area contributed by atoms with E-state index in [1.807, 2.05) is 17.5 Å². The predicted octanol–water partition coefficient (Wildman–Crippen LogP) is 3.19. The number of aryl methyl sites for hydroxylation is 2. The van der Waals surface area contributed by atoms with Crippen molar-refractivity contribution in [2.75, 3.05) is 0 Å². The quantitative estimate of drug-likeness (QED) is 0.901. The van der Waals surface area contributed by atoms with Crippen LogP contribution in [0.1, 0.15) is 21.7 Å². The fourth-order valence-corrected chi connectivity index (χ4v) is 2.38. The van der Waals surface area contributed by atoms with E-state index in [-0.39, 0.29) is 5.82 Å². The summed E-state index contributed by atoms with van der Waals surface area (Å²) in [6, 6.07) is 3.77. The SMILES string of the molecule is Cc1cc(CNCc2nccs2)cc(C)c1F. The Hall–Kier alpha value is -1.26. The van der Waals surface area contributed by atoms with Crippen molar-refractivity contribution in [2.45, 2.75) is 26.9 Å². The zero-order valence-corrected chi connectivity index (χ0v) is 10.8. The van der Waals surface area contributed by atoms with Crippen molar-refractivity contribution in [1.29, 1.82) is 0 Å². The molecule has 0 saturated carbocycles. The highest BCUT2D eigenvalue weighted by molar-refractivity contribution is 7.09. The van der Waals surface area contributed by atoms with Gasteiger partial charge in [0.1, 0.15) is 10.8 Å². The van der Waals surface area contributed by atoms with Crippen LogP contribution in [0.2, 0.25) is 0 Å². The van der Waals surface area contributed by atoms with E-state index in [2.05, 4.69) is 10.3 Å². The minimum Gasteiger partial charge on any atom is -0.306 e. The van der Waals surface area contributed by atoms with Crippen molar-refractivity contribution in [3.63, 3.8) is 0 Å². The summed E-state index contributed by atoms with van der Waals surface area (Å²) in [5.74, 6) is -0.103. The van der Waals surface area contributed by atoms with Crippen LogP contribution in [0.5, 0.6) is 0 Å². The van der Waals surface area contributed by atoms with Gasteiger partial charge >= 0.3 is 0 Å². The molecule has 0 bridgehead atoms. The fraction of sp³-hybridized carbons (Fsp3) is 0.308. The molecule has 0 saturated heterocycles. The molecule has 0 spiro atoms. The van der Waals surface area contributed by atoms with E-state index in [1.54, 1.807) is 31.4 Å². The third kappa shape index (κ3) is 3.11. The highest BCUT2D eigenvalue weighted by Crippen LogP contribution is 2.14. The van der Waals surface area contributed by atoms with E-state index in [9.17, 15) is 4.39 Å². The van der Waals surface area contributed by atoms with Crippen LogP contribution in [0, 0.1) is 19.7 Å². The molecule has 0 aliphatic carbocycles. The molecule has 0 fully saturated rings. The van der Waals surface area contributed by atoms with Crippen LogP contribution in [0.25, 0.3) is 0 Å². The zero-order chi connectivity index (χ0) is 12.3. The molecule has 1 N–H and O–H groups in total. The van der Waals surface area contributed by atoms with Gasteiger partial charge in [0.15, 0.2) is 0 Å². The third-order valence-corrected chi connectivity index (χ3v) is 3.36. The molecule has 1 aromatic heterocycles. The second kappa shape index (κ2) is 5.38. The van der Waals surface area contributed by atoms with Gasteiger partial charge in [0.25, 0.3) is 0 Å². The van der Waals surface area contributed by atoms with Crippen molar-refractivity contribution < 1.29 is 4.39 Å². The van der Waals surface area contributed by atoms with Crippen LogP contribution in [0.3, 0.4) is 0 Å². The first-order chi connectivity index (χ1) is 8.16. The van der Waals surface area contributed by atoms with Gasteiger partial charge in [-0.15, -0.1) is 11.3 Å². The van der Waals surface area contributed by atoms with Gasteiger partial charge in [-0.3, -0.25) is 0 Å². The maximum Gasteiger partial charge on any atom is 0.129 e. The Kier molecular flexibility index (Phi) is 3.86. The van der Waals surface area contributed by atoms with Gasteiger partial charge in [0.2, 0.25) is 0 Å². The van der Waals surface area contributed by atoms with Crippen LogP contribution < -0.4 is 5.32 Å². The maximum atomic E-state index is 13.4. The Bertz CT molecular complexity index is 471. The summed E-state index contributed by atoms with van der Waals surface area (Å²) >= 11 is 1.63. The van der Waals surface area contributed by atoms with E-state index < -0.39 is 0 Å². The summed E-state index contributed by atoms with van der Waals surface area (Å²) in [5.41, 5.74) is 2.52. The summed E-state index contributed by atoms with van der Waals surface area (Å²) in [4.78, 5) is 4.19. The normalized spacial score (nSPS) is 10.8. The molecule has 0 aliphatic rings. The van der Waals surface area contributed by atoms with Gasteiger partial charge in [-0.1, -0.05) is 12.1 Å². The van der Waals surface area contributed by atoms with Crippen LogP contribution >= 0.6 is 11.3 Å². The highest BCUT2D eigenvalue weighted by atomic mass is 32.1. The third-order valence-electron chi connectivity index (χ3n) is 2.59. The van der Waals surface area contributed by atoms with Gasteiger partial charge in [0.05, 0.1) is 0 Å². The number of benzene rings is 1. The van der Waals surface area contributed by atoms with Crippen molar-refractivity contribution >= 4 is 11.3 Å². The predicted molar refractivity (Wildman–Crippen MR) is 68.5 cm³/mol. The molecule has 2 aromatic rings. The van der Waals surface area contributed by atoms with Gasteiger partial charge in [-0.25, -0.2) is 9.37 Å². The number of thiazole rings is 1. The largest absolute Gasteiger partial charge is 0.306 e. The average Bonchev–Trinajstić information content (AvgIpc) is 2.79. The standard InChI is InChI=1S/C13H15FN2S/c1-9-5-11(6-10(2)13(9)14)7-15-8-12-16-3-4-17-12/h3-6,15H,7-8H2,1-2H3. The first kappa shape index (κ1) is 12.2. The Labute approximate surface area is 105 Å². The Morgan fingerprint density at radius 2 is 1.94 bits per heavy atom. The molecule has 90 valence electrons. The van der Waals surface area contributed by atoms with Gasteiger partial charge in [0, 0.05) is 24.7 Å². The van der Waals surface area contributed by atoms with E-state index in [4.69, 9.17) is 0 Å². The van der Waals surface area contributed by atoms with Crippen molar-refractivity contribution in [3.8, 4) is 0 Å². The summed E-state index contributed by atoms with van der Waals surface area (Å²) < 4.78 is 13.4. The number of halogens is 1. The molecule has 2 nitrogen and oxygen atoms in total. The Morgan fingerprint density at radius 3 is 2.53 bits per heavy atom. The van der Waals surface area contributed by atoms with E-state index in [0.29, 0.717) is 11.1 Å². The number of nitrogens with one attached hydrogen (secondary N) is 1. The van der Waals surface area contributed by atoms with Crippen molar-refractivity contribution in [1.82, 2.24) is 10.3 Å². The lowest BCUT2D eigenvalue weighted by molar-refractivity contribution is 0.606. The van der Waals surface area contributed by atoms with Crippen molar-refractivity contribution in [3.05, 3.63) is 51.2 Å². The Balaban J connectivity index is 1.95. The van der Waals surface area contributed by atoms with Gasteiger partial charge < -0.3 is 5.32 Å². The highest BCUT2D eigenvalue weighted by Gasteiger charge is 2.04. The number of aromatic nitrogens is 1. The lowest BCUT2D eigenvalue weighted by Gasteiger charge is -2.07. The lowest BCUT2D eigenvalue weighted by Crippen LogP contribution is -2.13. The first-order valence-corrected chi connectivity index (χ1v) is 6.39. The smallest absolute Gasteiger partial charge is 0.129 e. The average molecular weight is 250 g/mol. The molecular formula is C13H15FN2S. The zero-order valence-electron chi connectivity index (χ0n) is 9.96. The van der Waals surface area contributed by atoms with Crippen LogP contribution in [-0.2, 0) is 13.1 Å². The molecular weight excluding hydrogens is 235 g/mol. The summed E-state index contributed by atoms with van der Waals surface area (Å²) in [5, 5.41) is 6.33. The van der Waals surface area contributed by atoms with Gasteiger partial charge in [-0.2, -0.15) is 0 Å². The van der Waals surface area contributed by atoms with Crippen molar-refractivity contribution in [2.24, 2.45) is 0 Å². The summed E-state index contributed by atoms with van der Waals surface area (Å²) in [6.45, 7) is 5.09. The monoisotopic (exact) mass is 250 g/mol. The molecule has 0 unspecified atom stereocenters. The van der Waals surface area contributed by atoms with E-state index in [0.717, 1.165) is 23.7 Å². The molecule has 0 atom stereocenters. The summed E-state index contributed by atoms with van der Waals surface area (Å²) in [6.07, 6.45) is 1.80. The minimum absolute atomic E-state index is 0.103. The number of hydrogen-bond acceptors (Lipinski definition) is 3. The molecule has 0 radical (unpaired) electrons. The van der Waals surface area contributed by atoms with E-state index in [1.165, 1.54) is 0 Å². The lowest BCUT2D eigenvalue weighted by atomic mass is 10.1. The number of rotatable bonds is 4. The Morgan fingerprint density at radius 1 is 1.24 bits per heavy atom. The topological polar surface area (TPSA) is 24.9 Å². The molecule has 17 heavy (non-hydrogen) atoms.